The van der Waals surface area contributed by atoms with Crippen molar-refractivity contribution in [1.82, 2.24) is 10.2 Å². The van der Waals surface area contributed by atoms with Gasteiger partial charge in [0.25, 0.3) is 11.5 Å². The molecule has 2 unspecified atom stereocenters. The van der Waals surface area contributed by atoms with E-state index in [-0.39, 0.29) is 30.0 Å². The molecule has 2 aliphatic rings. The number of piperidine rings is 2. The van der Waals surface area contributed by atoms with Crippen molar-refractivity contribution in [2.75, 3.05) is 40.4 Å². The lowest BCUT2D eigenvalue weighted by Gasteiger charge is -2.51. The highest BCUT2D eigenvalue weighted by Gasteiger charge is 2.64. The Balaban J connectivity index is 1.61. The van der Waals surface area contributed by atoms with Crippen LogP contribution in [0.25, 0.3) is 0 Å². The minimum atomic E-state index is -4.90. The number of benzene rings is 2. The van der Waals surface area contributed by atoms with Crippen LogP contribution in [0.1, 0.15) is 36.3 Å². The summed E-state index contributed by atoms with van der Waals surface area (Å²) in [5, 5.41) is 3.46. The highest BCUT2D eigenvalue weighted by Crippen LogP contribution is 2.51. The normalized spacial score (nSPS) is 22.3. The molecular weight excluding hydrogens is 445 g/mol. The van der Waals surface area contributed by atoms with Gasteiger partial charge in [-0.3, -0.25) is 4.79 Å². The lowest BCUT2D eigenvalue weighted by atomic mass is 9.62. The van der Waals surface area contributed by atoms with Crippen molar-refractivity contribution in [2.45, 2.75) is 37.0 Å². The molecule has 2 aromatic rings. The molecule has 2 atom stereocenters. The van der Waals surface area contributed by atoms with Gasteiger partial charge in [-0.2, -0.15) is 13.2 Å². The van der Waals surface area contributed by atoms with E-state index < -0.39 is 17.7 Å². The zero-order chi connectivity index (χ0) is 24.4. The van der Waals surface area contributed by atoms with Crippen molar-refractivity contribution >= 4 is 5.91 Å². The van der Waals surface area contributed by atoms with Crippen LogP contribution in [0.2, 0.25) is 0 Å². The Kier molecular flexibility index (Phi) is 6.92. The summed E-state index contributed by atoms with van der Waals surface area (Å²) in [5.74, 6) is -0.0847. The molecule has 1 spiro atoms. The number of halogens is 3. The van der Waals surface area contributed by atoms with Gasteiger partial charge in [-0.1, -0.05) is 48.5 Å². The molecule has 2 aliphatic heterocycles. The Labute approximate surface area is 198 Å². The van der Waals surface area contributed by atoms with Crippen LogP contribution < -0.4 is 10.1 Å². The average Bonchev–Trinajstić information content (AvgIpc) is 2.85. The number of para-hydroxylation sites is 1. The third kappa shape index (κ3) is 4.07. The van der Waals surface area contributed by atoms with Crippen LogP contribution in [0, 0.1) is 5.41 Å². The molecule has 4 rings (SSSR count). The molecule has 184 valence electrons. The van der Waals surface area contributed by atoms with Gasteiger partial charge >= 0.3 is 6.18 Å². The summed E-state index contributed by atoms with van der Waals surface area (Å²) >= 11 is 0. The molecule has 2 saturated heterocycles. The van der Waals surface area contributed by atoms with E-state index in [2.05, 4.69) is 11.4 Å². The lowest BCUT2D eigenvalue weighted by molar-refractivity contribution is -0.271. The molecule has 5 nitrogen and oxygen atoms in total. The van der Waals surface area contributed by atoms with Crippen molar-refractivity contribution in [1.29, 1.82) is 0 Å². The molecule has 0 aromatic heterocycles. The molecular formula is C26H31F3N2O3. The first-order valence-corrected chi connectivity index (χ1v) is 11.6. The molecule has 0 bridgehead atoms. The van der Waals surface area contributed by atoms with Crippen molar-refractivity contribution < 1.29 is 27.4 Å². The maximum Gasteiger partial charge on any atom is 0.430 e. The van der Waals surface area contributed by atoms with Gasteiger partial charge < -0.3 is 19.7 Å². The molecule has 2 heterocycles. The fraction of sp³-hybridized carbons (Fsp3) is 0.500. The number of hydrogen-bond donors (Lipinski definition) is 1. The van der Waals surface area contributed by atoms with Gasteiger partial charge in [0, 0.05) is 38.2 Å². The van der Waals surface area contributed by atoms with E-state index in [0.29, 0.717) is 12.8 Å². The van der Waals surface area contributed by atoms with E-state index in [1.165, 1.54) is 29.2 Å². The third-order valence-corrected chi connectivity index (χ3v) is 7.63. The van der Waals surface area contributed by atoms with Crippen molar-refractivity contribution in [3.8, 4) is 5.75 Å². The number of methoxy groups -OCH3 is 2. The van der Waals surface area contributed by atoms with Gasteiger partial charge in [-0.15, -0.1) is 0 Å². The summed E-state index contributed by atoms with van der Waals surface area (Å²) in [6.07, 6.45) is -2.76. The van der Waals surface area contributed by atoms with Crippen LogP contribution in [-0.2, 0) is 15.1 Å². The highest BCUT2D eigenvalue weighted by atomic mass is 19.4. The monoisotopic (exact) mass is 476 g/mol. The standard InChI is InChI=1S/C26H31F3N2O3/c1-33-22-11-7-6-10-20(22)21-18-30-15-12-24(21)13-16-31(17-14-24)23(32)25(34-2,26(27,28)29)19-8-4-3-5-9-19/h3-11,21,30H,12-18H2,1-2H3. The summed E-state index contributed by atoms with van der Waals surface area (Å²) < 4.78 is 53.8. The highest BCUT2D eigenvalue weighted by molar-refractivity contribution is 5.88. The number of amides is 1. The molecule has 1 N–H and O–H groups in total. The molecule has 0 radical (unpaired) electrons. The first-order valence-electron chi connectivity index (χ1n) is 11.6. The predicted molar refractivity (Wildman–Crippen MR) is 123 cm³/mol. The van der Waals surface area contributed by atoms with Gasteiger partial charge in [0.05, 0.1) is 7.11 Å². The van der Waals surface area contributed by atoms with Gasteiger partial charge in [0.15, 0.2) is 0 Å². The lowest BCUT2D eigenvalue weighted by Crippen LogP contribution is -2.59. The third-order valence-electron chi connectivity index (χ3n) is 7.63. The number of nitrogens with one attached hydrogen (secondary N) is 1. The predicted octanol–water partition coefficient (Wildman–Crippen LogP) is 4.49. The van der Waals surface area contributed by atoms with Crippen LogP contribution in [0.4, 0.5) is 13.2 Å². The molecule has 0 aliphatic carbocycles. The number of carbonyl (C=O) groups excluding carboxylic acids is 1. The number of hydrogen-bond acceptors (Lipinski definition) is 4. The Morgan fingerprint density at radius 1 is 1.00 bits per heavy atom. The molecule has 2 fully saturated rings. The van der Waals surface area contributed by atoms with E-state index in [4.69, 9.17) is 9.47 Å². The van der Waals surface area contributed by atoms with E-state index >= 15 is 0 Å². The number of rotatable bonds is 5. The molecule has 1 amide bonds. The Morgan fingerprint density at radius 2 is 1.65 bits per heavy atom. The van der Waals surface area contributed by atoms with Gasteiger partial charge in [0.2, 0.25) is 0 Å². The zero-order valence-corrected chi connectivity index (χ0v) is 19.5. The Hall–Kier alpha value is -2.58. The Bertz CT molecular complexity index is 990. The molecule has 34 heavy (non-hydrogen) atoms. The summed E-state index contributed by atoms with van der Waals surface area (Å²) in [6.45, 7) is 2.11. The largest absolute Gasteiger partial charge is 0.496 e. The van der Waals surface area contributed by atoms with Crippen molar-refractivity contribution in [3.63, 3.8) is 0 Å². The van der Waals surface area contributed by atoms with Crippen LogP contribution in [-0.4, -0.2) is 57.4 Å². The average molecular weight is 477 g/mol. The minimum absolute atomic E-state index is 0.114. The number of nitrogens with zero attached hydrogens (tertiary/aromatic N) is 1. The smallest absolute Gasteiger partial charge is 0.430 e. The van der Waals surface area contributed by atoms with Crippen molar-refractivity contribution in [2.24, 2.45) is 5.41 Å². The second kappa shape index (κ2) is 9.58. The quantitative estimate of drug-likeness (QED) is 0.691. The first-order chi connectivity index (χ1) is 16.3. The number of likely N-dealkylation sites (tertiary alicyclic amines) is 1. The summed E-state index contributed by atoms with van der Waals surface area (Å²) in [7, 11) is 2.60. The zero-order valence-electron chi connectivity index (χ0n) is 19.5. The van der Waals surface area contributed by atoms with Gasteiger partial charge in [0.1, 0.15) is 5.75 Å². The Morgan fingerprint density at radius 3 is 2.26 bits per heavy atom. The summed E-state index contributed by atoms with van der Waals surface area (Å²) in [5.41, 5.74) is -2.24. The first kappa shape index (κ1) is 24.5. The van der Waals surface area contributed by atoms with Crippen LogP contribution >= 0.6 is 0 Å². The minimum Gasteiger partial charge on any atom is -0.496 e. The SMILES string of the molecule is COc1ccccc1C1CNCCC12CCN(C(=O)C(OC)(c1ccccc1)C(F)(F)F)CC2. The van der Waals surface area contributed by atoms with E-state index in [1.54, 1.807) is 13.2 Å². The maximum atomic E-state index is 14.4. The van der Waals surface area contributed by atoms with E-state index in [1.807, 2.05) is 18.2 Å². The number of carbonyl (C=O) groups is 1. The van der Waals surface area contributed by atoms with Crippen LogP contribution in [0.3, 0.4) is 0 Å². The van der Waals surface area contributed by atoms with Gasteiger partial charge in [-0.05, 0) is 42.9 Å². The van der Waals surface area contributed by atoms with Crippen LogP contribution in [0.5, 0.6) is 5.75 Å². The molecule has 2 aromatic carbocycles. The molecule has 8 heteroatoms. The van der Waals surface area contributed by atoms with E-state index in [0.717, 1.165) is 37.9 Å². The fourth-order valence-electron chi connectivity index (χ4n) is 5.75. The maximum absolute atomic E-state index is 14.4. The fourth-order valence-corrected chi connectivity index (χ4v) is 5.75. The topological polar surface area (TPSA) is 50.8 Å². The summed E-state index contributed by atoms with van der Waals surface area (Å²) in [4.78, 5) is 14.8. The van der Waals surface area contributed by atoms with Gasteiger partial charge in [-0.25, -0.2) is 0 Å². The van der Waals surface area contributed by atoms with Crippen LogP contribution in [0.15, 0.2) is 54.6 Å². The van der Waals surface area contributed by atoms with E-state index in [9.17, 15) is 18.0 Å². The summed E-state index contributed by atoms with van der Waals surface area (Å²) in [6, 6.07) is 15.1. The number of alkyl halides is 3. The second-order valence-corrected chi connectivity index (χ2v) is 9.15. The van der Waals surface area contributed by atoms with Crippen molar-refractivity contribution in [3.05, 3.63) is 65.7 Å². The second-order valence-electron chi connectivity index (χ2n) is 9.15. The molecule has 0 saturated carbocycles. The number of ether oxygens (including phenoxy) is 2.